The van der Waals surface area contributed by atoms with Crippen molar-refractivity contribution in [2.75, 3.05) is 0 Å². The average molecular weight is 171 g/mol. The van der Waals surface area contributed by atoms with Gasteiger partial charge >= 0.3 is 0 Å². The summed E-state index contributed by atoms with van der Waals surface area (Å²) in [5.41, 5.74) is 0.935. The Bertz CT molecular complexity index is 176. The van der Waals surface area contributed by atoms with Gasteiger partial charge in [-0.15, -0.1) is 0 Å². The van der Waals surface area contributed by atoms with Crippen molar-refractivity contribution < 1.29 is 0 Å². The molecule has 0 fully saturated rings. The SMILES string of the molecule is [B]n1ncc(Br)c1C. The smallest absolute Gasteiger partial charge is 0.264 e. The zero-order valence-corrected chi connectivity index (χ0v) is 6.01. The summed E-state index contributed by atoms with van der Waals surface area (Å²) in [6.07, 6.45) is 1.66. The van der Waals surface area contributed by atoms with Gasteiger partial charge in [-0.1, -0.05) is 0 Å². The Balaban J connectivity index is 3.19. The van der Waals surface area contributed by atoms with Crippen molar-refractivity contribution >= 4 is 23.9 Å². The molecule has 1 rings (SSSR count). The molecule has 0 aliphatic heterocycles. The molecule has 40 valence electrons. The second-order valence-electron chi connectivity index (χ2n) is 1.52. The molecule has 1 heterocycles. The van der Waals surface area contributed by atoms with Crippen molar-refractivity contribution in [2.24, 2.45) is 0 Å². The van der Waals surface area contributed by atoms with Gasteiger partial charge in [0.2, 0.25) is 0 Å². The Labute approximate surface area is 57.4 Å². The Morgan fingerprint density at radius 2 is 2.50 bits per heavy atom. The predicted octanol–water partition coefficient (Wildman–Crippen LogP) is 0.886. The van der Waals surface area contributed by atoms with Gasteiger partial charge in [0, 0.05) is 5.69 Å². The van der Waals surface area contributed by atoms with Crippen LogP contribution >= 0.6 is 15.9 Å². The van der Waals surface area contributed by atoms with Crippen LogP contribution in [0.2, 0.25) is 0 Å². The van der Waals surface area contributed by atoms with Gasteiger partial charge in [-0.3, -0.25) is 0 Å². The number of hydrogen-bond acceptors (Lipinski definition) is 1. The molecule has 0 amide bonds. The molecule has 2 radical (unpaired) electrons. The fourth-order valence-corrected chi connectivity index (χ4v) is 0.676. The average Bonchev–Trinajstić information content (AvgIpc) is 1.98. The molecular formula is C4H4BBrN2. The lowest BCUT2D eigenvalue weighted by Crippen LogP contribution is -1.94. The summed E-state index contributed by atoms with van der Waals surface area (Å²) < 4.78 is 2.27. The maximum absolute atomic E-state index is 5.32. The maximum Gasteiger partial charge on any atom is 0.264 e. The predicted molar refractivity (Wildman–Crippen MR) is 35.8 cm³/mol. The lowest BCUT2D eigenvalue weighted by atomic mass is 10.4. The standard InChI is InChI=1S/C4H4BBrN2/c1-3-4(6)2-7-8(3)5/h2H,1H3. The largest absolute Gasteiger partial charge is 0.327 e. The minimum absolute atomic E-state index is 0.935. The van der Waals surface area contributed by atoms with Crippen molar-refractivity contribution in [3.63, 3.8) is 0 Å². The van der Waals surface area contributed by atoms with Crippen molar-refractivity contribution in [1.29, 1.82) is 0 Å². The highest BCUT2D eigenvalue weighted by molar-refractivity contribution is 9.10. The van der Waals surface area contributed by atoms with E-state index < -0.39 is 0 Å². The van der Waals surface area contributed by atoms with Crippen LogP contribution in [-0.2, 0) is 0 Å². The van der Waals surface area contributed by atoms with Gasteiger partial charge in [0.15, 0.2) is 0 Å². The Morgan fingerprint density at radius 3 is 2.62 bits per heavy atom. The summed E-state index contributed by atoms with van der Waals surface area (Å²) in [4.78, 5) is 0. The van der Waals surface area contributed by atoms with Crippen LogP contribution in [0, 0.1) is 6.92 Å². The lowest BCUT2D eigenvalue weighted by molar-refractivity contribution is 0.950. The van der Waals surface area contributed by atoms with E-state index in [2.05, 4.69) is 21.0 Å². The highest BCUT2D eigenvalue weighted by atomic mass is 79.9. The number of rotatable bonds is 0. The Kier molecular flexibility index (Phi) is 1.42. The van der Waals surface area contributed by atoms with Crippen molar-refractivity contribution in [1.82, 2.24) is 9.69 Å². The van der Waals surface area contributed by atoms with Gasteiger partial charge in [0.05, 0.1) is 10.7 Å². The molecule has 1 aromatic heterocycles. The molecule has 0 aromatic carbocycles. The van der Waals surface area contributed by atoms with E-state index in [-0.39, 0.29) is 0 Å². The summed E-state index contributed by atoms with van der Waals surface area (Å²) in [6.45, 7) is 1.89. The minimum Gasteiger partial charge on any atom is -0.327 e. The first kappa shape index (κ1) is 5.88. The number of hydrogen-bond donors (Lipinski definition) is 0. The summed E-state index contributed by atoms with van der Waals surface area (Å²) in [5, 5.41) is 3.76. The molecule has 0 N–H and O–H groups in total. The molecule has 8 heavy (non-hydrogen) atoms. The van der Waals surface area contributed by atoms with Gasteiger partial charge in [-0.25, -0.2) is 0 Å². The zero-order valence-electron chi connectivity index (χ0n) is 4.43. The van der Waals surface area contributed by atoms with Crippen LogP contribution in [-0.4, -0.2) is 17.7 Å². The highest BCUT2D eigenvalue weighted by Gasteiger charge is 1.95. The van der Waals surface area contributed by atoms with Crippen LogP contribution in [0.1, 0.15) is 5.69 Å². The number of halogens is 1. The molecule has 0 unspecified atom stereocenters. The molecule has 0 saturated heterocycles. The van der Waals surface area contributed by atoms with Gasteiger partial charge in [0.1, 0.15) is 0 Å². The molecule has 2 nitrogen and oxygen atoms in total. The van der Waals surface area contributed by atoms with Crippen LogP contribution < -0.4 is 0 Å². The quantitative estimate of drug-likeness (QED) is 0.529. The first-order chi connectivity index (χ1) is 3.72. The fourth-order valence-electron chi connectivity index (χ4n) is 0.402. The van der Waals surface area contributed by atoms with Gasteiger partial charge < -0.3 is 4.59 Å². The third-order valence-electron chi connectivity index (χ3n) is 0.985. The molecule has 4 heteroatoms. The maximum atomic E-state index is 5.32. The molecule has 0 aliphatic carbocycles. The summed E-state index contributed by atoms with van der Waals surface area (Å²) in [7, 11) is 5.32. The van der Waals surface area contributed by atoms with E-state index in [9.17, 15) is 0 Å². The second kappa shape index (κ2) is 1.93. The van der Waals surface area contributed by atoms with Crippen molar-refractivity contribution in [3.8, 4) is 0 Å². The van der Waals surface area contributed by atoms with E-state index in [1.807, 2.05) is 6.92 Å². The summed E-state index contributed by atoms with van der Waals surface area (Å²) in [5.74, 6) is 0. The van der Waals surface area contributed by atoms with Gasteiger partial charge in [-0.05, 0) is 22.9 Å². The molecule has 0 saturated carbocycles. The normalized spacial score (nSPS) is 9.75. The molecule has 0 aliphatic rings. The van der Waals surface area contributed by atoms with E-state index in [1.54, 1.807) is 6.20 Å². The van der Waals surface area contributed by atoms with Crippen LogP contribution in [0.25, 0.3) is 0 Å². The van der Waals surface area contributed by atoms with Crippen molar-refractivity contribution in [2.45, 2.75) is 6.92 Å². The van der Waals surface area contributed by atoms with Crippen LogP contribution in [0.3, 0.4) is 0 Å². The lowest BCUT2D eigenvalue weighted by Gasteiger charge is -1.90. The second-order valence-corrected chi connectivity index (χ2v) is 2.38. The summed E-state index contributed by atoms with van der Waals surface area (Å²) in [6, 6.07) is 0. The molecule has 0 spiro atoms. The zero-order chi connectivity index (χ0) is 6.15. The minimum atomic E-state index is 0.935. The highest BCUT2D eigenvalue weighted by Crippen LogP contribution is 2.11. The van der Waals surface area contributed by atoms with Gasteiger partial charge in [-0.2, -0.15) is 5.10 Å². The molecule has 0 atom stereocenters. The van der Waals surface area contributed by atoms with Gasteiger partial charge in [0.25, 0.3) is 7.98 Å². The van der Waals surface area contributed by atoms with Crippen LogP contribution in [0.15, 0.2) is 10.7 Å². The summed E-state index contributed by atoms with van der Waals surface area (Å²) >= 11 is 3.25. The van der Waals surface area contributed by atoms with E-state index in [4.69, 9.17) is 7.98 Å². The Hall–Kier alpha value is -0.245. The van der Waals surface area contributed by atoms with E-state index in [0.717, 1.165) is 10.2 Å². The first-order valence-electron chi connectivity index (χ1n) is 2.17. The first-order valence-corrected chi connectivity index (χ1v) is 2.96. The topological polar surface area (TPSA) is 17.8 Å². The van der Waals surface area contributed by atoms with E-state index in [0.29, 0.717) is 0 Å². The third kappa shape index (κ3) is 0.800. The van der Waals surface area contributed by atoms with E-state index in [1.165, 1.54) is 4.59 Å². The van der Waals surface area contributed by atoms with Crippen LogP contribution in [0.4, 0.5) is 0 Å². The molecular weight excluding hydrogens is 167 g/mol. The van der Waals surface area contributed by atoms with Crippen molar-refractivity contribution in [3.05, 3.63) is 16.4 Å². The molecule has 1 aromatic rings. The number of aromatic nitrogens is 2. The van der Waals surface area contributed by atoms with E-state index >= 15 is 0 Å². The third-order valence-corrected chi connectivity index (χ3v) is 1.76. The molecule has 0 bridgehead atoms. The fraction of sp³-hybridized carbons (Fsp3) is 0.250. The Morgan fingerprint density at radius 1 is 1.88 bits per heavy atom. The monoisotopic (exact) mass is 170 g/mol. The number of nitrogens with zero attached hydrogens (tertiary/aromatic N) is 2. The van der Waals surface area contributed by atoms with Crippen LogP contribution in [0.5, 0.6) is 0 Å².